The molecule has 17 nitrogen and oxygen atoms in total. The van der Waals surface area contributed by atoms with Crippen LogP contribution in [0.3, 0.4) is 0 Å². The Morgan fingerprint density at radius 1 is 0.769 bits per heavy atom. The lowest BCUT2D eigenvalue weighted by Gasteiger charge is -2.25. The first-order valence-electron chi connectivity index (χ1n) is 11.8. The molecule has 4 unspecified atom stereocenters. The van der Waals surface area contributed by atoms with Gasteiger partial charge in [-0.2, -0.15) is 0 Å². The van der Waals surface area contributed by atoms with E-state index in [1.165, 1.54) is 25.0 Å². The molecule has 0 aliphatic carbocycles. The maximum atomic E-state index is 13.2. The summed E-state index contributed by atoms with van der Waals surface area (Å²) in [6.07, 6.45) is 4.14. The van der Waals surface area contributed by atoms with E-state index < -0.39 is 72.6 Å². The average molecular weight is 550 g/mol. The predicted octanol–water partition coefficient (Wildman–Crippen LogP) is -3.09. The number of nitrogens with two attached hydrogens (primary N) is 2. The van der Waals surface area contributed by atoms with Crippen molar-refractivity contribution in [1.82, 2.24) is 35.9 Å². The quantitative estimate of drug-likeness (QED) is 0.0952. The Bertz CT molecular complexity index is 1140. The van der Waals surface area contributed by atoms with Crippen molar-refractivity contribution in [2.24, 2.45) is 11.5 Å². The summed E-state index contributed by atoms with van der Waals surface area (Å²) in [7, 11) is 0. The minimum Gasteiger partial charge on any atom is -0.481 e. The van der Waals surface area contributed by atoms with Crippen molar-refractivity contribution in [2.45, 2.75) is 62.7 Å². The molecule has 0 bridgehead atoms. The van der Waals surface area contributed by atoms with E-state index in [1.807, 2.05) is 0 Å². The van der Waals surface area contributed by atoms with Gasteiger partial charge in [-0.25, -0.2) is 14.8 Å². The first-order valence-corrected chi connectivity index (χ1v) is 11.8. The second-order valence-electron chi connectivity index (χ2n) is 8.63. The van der Waals surface area contributed by atoms with Gasteiger partial charge in [-0.05, 0) is 12.8 Å². The number of hydrogen-bond donors (Lipinski definition) is 9. The molecule has 0 aliphatic rings. The number of carboxylic acid groups (broad SMARTS) is 2. The topological polar surface area (TPSA) is 288 Å². The van der Waals surface area contributed by atoms with E-state index in [1.54, 1.807) is 0 Å². The number of rotatable bonds is 17. The van der Waals surface area contributed by atoms with Crippen molar-refractivity contribution in [2.75, 3.05) is 0 Å². The fraction of sp³-hybridized carbons (Fsp3) is 0.455. The van der Waals surface area contributed by atoms with Gasteiger partial charge in [0.1, 0.15) is 18.1 Å². The Labute approximate surface area is 221 Å². The number of carboxylic acids is 2. The van der Waals surface area contributed by atoms with Crippen molar-refractivity contribution >= 4 is 35.6 Å². The maximum Gasteiger partial charge on any atom is 0.326 e. The zero-order valence-corrected chi connectivity index (χ0v) is 20.8. The van der Waals surface area contributed by atoms with Gasteiger partial charge in [0.25, 0.3) is 0 Å². The van der Waals surface area contributed by atoms with Crippen LogP contribution in [-0.2, 0) is 41.6 Å². The van der Waals surface area contributed by atoms with Gasteiger partial charge in [-0.15, -0.1) is 0 Å². The molecule has 0 aromatic carbocycles. The number of primary amides is 1. The van der Waals surface area contributed by atoms with Crippen LogP contribution in [0.5, 0.6) is 0 Å². The van der Waals surface area contributed by atoms with Crippen LogP contribution in [0.1, 0.15) is 37.1 Å². The van der Waals surface area contributed by atoms with Gasteiger partial charge in [0, 0.05) is 49.5 Å². The number of carbonyl (C=O) groups is 6. The summed E-state index contributed by atoms with van der Waals surface area (Å²) in [4.78, 5) is 85.9. The summed E-state index contributed by atoms with van der Waals surface area (Å²) in [5.41, 5.74) is 12.2. The third-order valence-electron chi connectivity index (χ3n) is 5.52. The lowest BCUT2D eigenvalue weighted by atomic mass is 10.1. The van der Waals surface area contributed by atoms with Crippen molar-refractivity contribution in [1.29, 1.82) is 0 Å². The molecule has 0 saturated carbocycles. The van der Waals surface area contributed by atoms with Crippen LogP contribution >= 0.6 is 0 Å². The zero-order valence-electron chi connectivity index (χ0n) is 20.8. The van der Waals surface area contributed by atoms with Crippen LogP contribution < -0.4 is 27.4 Å². The Morgan fingerprint density at radius 2 is 1.28 bits per heavy atom. The van der Waals surface area contributed by atoms with Gasteiger partial charge < -0.3 is 47.6 Å². The molecule has 17 heteroatoms. The van der Waals surface area contributed by atoms with Crippen LogP contribution in [0.15, 0.2) is 25.0 Å². The van der Waals surface area contributed by atoms with Gasteiger partial charge in [0.05, 0.1) is 18.7 Å². The molecule has 0 spiro atoms. The summed E-state index contributed by atoms with van der Waals surface area (Å²) in [6.45, 7) is 0. The Morgan fingerprint density at radius 3 is 1.79 bits per heavy atom. The van der Waals surface area contributed by atoms with E-state index >= 15 is 0 Å². The van der Waals surface area contributed by atoms with Gasteiger partial charge >= 0.3 is 11.9 Å². The first-order chi connectivity index (χ1) is 18.5. The highest BCUT2D eigenvalue weighted by atomic mass is 16.4. The fourth-order valence-corrected chi connectivity index (χ4v) is 3.46. The van der Waals surface area contributed by atoms with Crippen molar-refractivity contribution in [3.8, 4) is 0 Å². The van der Waals surface area contributed by atoms with Crippen LogP contribution in [-0.4, -0.2) is 89.9 Å². The Kier molecular flexibility index (Phi) is 11.6. The van der Waals surface area contributed by atoms with Crippen LogP contribution in [0.4, 0.5) is 0 Å². The third-order valence-corrected chi connectivity index (χ3v) is 5.52. The van der Waals surface area contributed by atoms with Crippen LogP contribution in [0.25, 0.3) is 0 Å². The summed E-state index contributed by atoms with van der Waals surface area (Å²) in [5.74, 6) is -6.03. The number of carbonyl (C=O) groups excluding carboxylic acids is 4. The van der Waals surface area contributed by atoms with Gasteiger partial charge in [0.2, 0.25) is 23.6 Å². The molecule has 0 fully saturated rings. The first kappa shape index (κ1) is 30.4. The maximum absolute atomic E-state index is 13.2. The molecule has 39 heavy (non-hydrogen) atoms. The molecule has 2 aromatic heterocycles. The minimum atomic E-state index is -1.57. The van der Waals surface area contributed by atoms with E-state index in [2.05, 4.69) is 35.9 Å². The zero-order chi connectivity index (χ0) is 28.9. The highest BCUT2D eigenvalue weighted by Gasteiger charge is 2.31. The smallest absolute Gasteiger partial charge is 0.326 e. The molecule has 0 aliphatic heterocycles. The van der Waals surface area contributed by atoms with Gasteiger partial charge in [-0.1, -0.05) is 0 Å². The average Bonchev–Trinajstić information content (AvgIpc) is 3.57. The number of imidazole rings is 2. The number of nitrogens with one attached hydrogen (secondary N) is 5. The lowest BCUT2D eigenvalue weighted by molar-refractivity contribution is -0.143. The van der Waals surface area contributed by atoms with E-state index in [9.17, 15) is 33.9 Å². The molecule has 212 valence electrons. The molecule has 2 rings (SSSR count). The molecular formula is C22H31N9O8. The summed E-state index contributed by atoms with van der Waals surface area (Å²) < 4.78 is 0. The molecule has 0 radical (unpaired) electrons. The number of aromatic nitrogens is 4. The highest BCUT2D eigenvalue weighted by Crippen LogP contribution is 2.06. The molecule has 2 heterocycles. The van der Waals surface area contributed by atoms with Crippen LogP contribution in [0, 0.1) is 0 Å². The molecule has 2 aromatic rings. The standard InChI is InChI=1S/C22H31N9O8/c23-13(5-11-7-25-9-27-11)19(35)31-16(6-12-8-26-10-28-12)21(37)29-14(1-3-17(24)32)20(36)30-15(22(38)39)2-4-18(33)34/h7-10,13-16H,1-6,23H2,(H2,24,32)(H,25,27)(H,26,28)(H,29,37)(H,30,36)(H,31,35)(H,33,34)(H,38,39). The van der Waals surface area contributed by atoms with Gasteiger partial charge in [-0.3, -0.25) is 24.0 Å². The lowest BCUT2D eigenvalue weighted by Crippen LogP contribution is -2.58. The van der Waals surface area contributed by atoms with E-state index in [-0.39, 0.29) is 25.7 Å². The van der Waals surface area contributed by atoms with Crippen molar-refractivity contribution in [3.05, 3.63) is 36.4 Å². The minimum absolute atomic E-state index is 0.0745. The van der Waals surface area contributed by atoms with Gasteiger partial charge in [0.15, 0.2) is 0 Å². The summed E-state index contributed by atoms with van der Waals surface area (Å²) >= 11 is 0. The highest BCUT2D eigenvalue weighted by molar-refractivity contribution is 5.94. The summed E-state index contributed by atoms with van der Waals surface area (Å²) in [5, 5.41) is 25.3. The molecule has 11 N–H and O–H groups in total. The number of amides is 4. The van der Waals surface area contributed by atoms with E-state index in [0.717, 1.165) is 0 Å². The third kappa shape index (κ3) is 10.6. The monoisotopic (exact) mass is 549 g/mol. The molecule has 0 saturated heterocycles. The number of H-pyrrole nitrogens is 2. The van der Waals surface area contributed by atoms with Crippen molar-refractivity contribution in [3.63, 3.8) is 0 Å². The van der Waals surface area contributed by atoms with E-state index in [0.29, 0.717) is 11.4 Å². The van der Waals surface area contributed by atoms with Crippen LogP contribution in [0.2, 0.25) is 0 Å². The summed E-state index contributed by atoms with van der Waals surface area (Å²) in [6, 6.07) is -5.31. The molecular weight excluding hydrogens is 518 g/mol. The number of aliphatic carboxylic acids is 2. The van der Waals surface area contributed by atoms with Crippen molar-refractivity contribution < 1.29 is 39.0 Å². The second-order valence-corrected chi connectivity index (χ2v) is 8.63. The number of aromatic amines is 2. The fourth-order valence-electron chi connectivity index (χ4n) is 3.46. The number of hydrogen-bond acceptors (Lipinski definition) is 9. The molecule has 4 atom stereocenters. The number of nitrogens with zero attached hydrogens (tertiary/aromatic N) is 2. The Balaban J connectivity index is 2.17. The normalized spacial score (nSPS) is 13.9. The molecule has 4 amide bonds. The Hall–Kier alpha value is -4.80. The predicted molar refractivity (Wildman–Crippen MR) is 131 cm³/mol. The SMILES string of the molecule is NC(=O)CCC(NC(=O)C(Cc1cnc[nH]1)NC(=O)C(N)Cc1cnc[nH]1)C(=O)NC(CCC(=O)O)C(=O)O. The van der Waals surface area contributed by atoms with E-state index in [4.69, 9.17) is 16.6 Å². The second kappa shape index (κ2) is 14.8. The largest absolute Gasteiger partial charge is 0.481 e.